The van der Waals surface area contributed by atoms with Crippen molar-refractivity contribution in [3.8, 4) is 17.2 Å². The molecule has 0 saturated carbocycles. The first-order chi connectivity index (χ1) is 16.0. The van der Waals surface area contributed by atoms with Crippen molar-refractivity contribution in [1.82, 2.24) is 4.90 Å². The fraction of sp³-hybridized carbons (Fsp3) is 0.269. The molecule has 33 heavy (non-hydrogen) atoms. The number of hydrogen-bond donors (Lipinski definition) is 2. The first-order valence-electron chi connectivity index (χ1n) is 10.7. The second-order valence-electron chi connectivity index (χ2n) is 7.83. The first kappa shape index (κ1) is 23.0. The molecular weight excluding hydrogens is 438 g/mol. The third kappa shape index (κ3) is 3.92. The number of thiol groups is 1. The predicted molar refractivity (Wildman–Crippen MR) is 128 cm³/mol. The van der Waals surface area contributed by atoms with Crippen molar-refractivity contribution in [2.45, 2.75) is 30.6 Å². The van der Waals surface area contributed by atoms with Crippen LogP contribution in [0.15, 0.2) is 65.6 Å². The standard InChI is InChI=1S/C26H27NO5S/c1-4-13-27-25(29)20-7-5-6-8-21(20)26(27,18-9-11-19(33)12-10-18)32-16-17-14-22(30-2)24(28)23(15-17)31-3/h5-12,14-15,28,33H,4,13,16H2,1-3H3. The summed E-state index contributed by atoms with van der Waals surface area (Å²) < 4.78 is 17.3. The highest BCUT2D eigenvalue weighted by atomic mass is 32.1. The number of carbonyl (C=O) groups excluding carboxylic acids is 1. The Morgan fingerprint density at radius 1 is 1.00 bits per heavy atom. The van der Waals surface area contributed by atoms with Crippen molar-refractivity contribution < 1.29 is 24.1 Å². The molecule has 1 amide bonds. The van der Waals surface area contributed by atoms with E-state index >= 15 is 0 Å². The van der Waals surface area contributed by atoms with E-state index in [-0.39, 0.29) is 29.8 Å². The lowest BCUT2D eigenvalue weighted by Gasteiger charge is -2.39. The zero-order valence-electron chi connectivity index (χ0n) is 18.9. The molecule has 0 radical (unpaired) electrons. The number of nitrogens with zero attached hydrogens (tertiary/aromatic N) is 1. The van der Waals surface area contributed by atoms with E-state index in [1.54, 1.807) is 17.0 Å². The molecule has 1 heterocycles. The lowest BCUT2D eigenvalue weighted by atomic mass is 9.93. The van der Waals surface area contributed by atoms with Crippen molar-refractivity contribution in [3.05, 3.63) is 82.9 Å². The van der Waals surface area contributed by atoms with Crippen LogP contribution < -0.4 is 9.47 Å². The van der Waals surface area contributed by atoms with Crippen LogP contribution in [0, 0.1) is 0 Å². The molecule has 0 fully saturated rings. The van der Waals surface area contributed by atoms with Crippen LogP contribution in [0.4, 0.5) is 0 Å². The number of phenolic OH excluding ortho intramolecular Hbond substituents is 1. The van der Waals surface area contributed by atoms with Gasteiger partial charge in [-0.2, -0.15) is 0 Å². The van der Waals surface area contributed by atoms with E-state index in [0.29, 0.717) is 12.1 Å². The monoisotopic (exact) mass is 465 g/mol. The second kappa shape index (κ2) is 9.37. The Labute approximate surface area is 199 Å². The van der Waals surface area contributed by atoms with Crippen molar-refractivity contribution in [3.63, 3.8) is 0 Å². The molecule has 0 aliphatic carbocycles. The van der Waals surface area contributed by atoms with E-state index in [1.807, 2.05) is 55.5 Å². The summed E-state index contributed by atoms with van der Waals surface area (Å²) in [7, 11) is 2.96. The van der Waals surface area contributed by atoms with Crippen LogP contribution in [0.25, 0.3) is 0 Å². The third-order valence-electron chi connectivity index (χ3n) is 5.84. The van der Waals surface area contributed by atoms with Gasteiger partial charge in [0.05, 0.1) is 20.8 Å². The van der Waals surface area contributed by atoms with Crippen molar-refractivity contribution >= 4 is 18.5 Å². The van der Waals surface area contributed by atoms with Crippen LogP contribution in [0.5, 0.6) is 17.2 Å². The first-order valence-corrected chi connectivity index (χ1v) is 11.2. The van der Waals surface area contributed by atoms with Gasteiger partial charge >= 0.3 is 0 Å². The fourth-order valence-electron chi connectivity index (χ4n) is 4.34. The van der Waals surface area contributed by atoms with Gasteiger partial charge in [-0.3, -0.25) is 4.79 Å². The largest absolute Gasteiger partial charge is 0.502 e. The molecule has 1 atom stereocenters. The number of amides is 1. The Morgan fingerprint density at radius 2 is 1.64 bits per heavy atom. The van der Waals surface area contributed by atoms with Crippen LogP contribution in [-0.2, 0) is 17.1 Å². The summed E-state index contributed by atoms with van der Waals surface area (Å²) in [5.41, 5.74) is 1.89. The summed E-state index contributed by atoms with van der Waals surface area (Å²) >= 11 is 4.43. The average Bonchev–Trinajstić information content (AvgIpc) is 3.08. The van der Waals surface area contributed by atoms with Crippen molar-refractivity contribution in [1.29, 1.82) is 0 Å². The molecule has 3 aromatic carbocycles. The lowest BCUT2D eigenvalue weighted by molar-refractivity contribution is -0.117. The van der Waals surface area contributed by atoms with E-state index in [2.05, 4.69) is 12.6 Å². The molecule has 1 aliphatic rings. The van der Waals surface area contributed by atoms with E-state index in [0.717, 1.165) is 28.0 Å². The number of ether oxygens (including phenoxy) is 3. The summed E-state index contributed by atoms with van der Waals surface area (Å²) in [4.78, 5) is 16.1. The minimum absolute atomic E-state index is 0.0664. The maximum Gasteiger partial charge on any atom is 0.257 e. The number of carbonyl (C=O) groups is 1. The van der Waals surface area contributed by atoms with Gasteiger partial charge in [0.15, 0.2) is 17.2 Å². The van der Waals surface area contributed by atoms with Gasteiger partial charge in [-0.15, -0.1) is 12.6 Å². The lowest BCUT2D eigenvalue weighted by Crippen LogP contribution is -2.47. The quantitative estimate of drug-likeness (QED) is 0.459. The van der Waals surface area contributed by atoms with Gasteiger partial charge in [-0.1, -0.05) is 37.3 Å². The molecular formula is C26H27NO5S. The summed E-state index contributed by atoms with van der Waals surface area (Å²) in [5, 5.41) is 10.3. The van der Waals surface area contributed by atoms with Gasteiger partial charge < -0.3 is 24.2 Å². The molecule has 7 heteroatoms. The van der Waals surface area contributed by atoms with Gasteiger partial charge in [-0.05, 0) is 42.3 Å². The molecule has 4 rings (SSSR count). The summed E-state index contributed by atoms with van der Waals surface area (Å²) in [6, 6.07) is 18.6. The molecule has 6 nitrogen and oxygen atoms in total. The van der Waals surface area contributed by atoms with Crippen LogP contribution in [0.1, 0.15) is 40.4 Å². The maximum absolute atomic E-state index is 13.5. The molecule has 0 saturated heterocycles. The minimum atomic E-state index is -1.11. The topological polar surface area (TPSA) is 68.2 Å². The second-order valence-corrected chi connectivity index (χ2v) is 8.35. The van der Waals surface area contributed by atoms with Gasteiger partial charge in [0.2, 0.25) is 5.75 Å². The normalized spacial score (nSPS) is 17.2. The third-order valence-corrected chi connectivity index (χ3v) is 6.14. The van der Waals surface area contributed by atoms with Crippen LogP contribution >= 0.6 is 12.6 Å². The summed E-state index contributed by atoms with van der Waals surface area (Å²) in [6.45, 7) is 2.71. The number of methoxy groups -OCH3 is 2. The van der Waals surface area contributed by atoms with Crippen molar-refractivity contribution in [2.75, 3.05) is 20.8 Å². The fourth-order valence-corrected chi connectivity index (χ4v) is 4.49. The molecule has 1 N–H and O–H groups in total. The number of rotatable bonds is 8. The summed E-state index contributed by atoms with van der Waals surface area (Å²) in [6.07, 6.45) is 0.774. The number of hydrogen-bond acceptors (Lipinski definition) is 6. The maximum atomic E-state index is 13.5. The smallest absolute Gasteiger partial charge is 0.257 e. The highest BCUT2D eigenvalue weighted by Crippen LogP contribution is 2.46. The molecule has 0 bridgehead atoms. The van der Waals surface area contributed by atoms with Crippen LogP contribution in [0.2, 0.25) is 0 Å². The van der Waals surface area contributed by atoms with E-state index in [9.17, 15) is 9.90 Å². The average molecular weight is 466 g/mol. The Balaban J connectivity index is 1.85. The van der Waals surface area contributed by atoms with Gasteiger partial charge in [0.25, 0.3) is 5.91 Å². The van der Waals surface area contributed by atoms with E-state index in [4.69, 9.17) is 14.2 Å². The number of benzene rings is 3. The zero-order valence-corrected chi connectivity index (χ0v) is 19.8. The Kier molecular flexibility index (Phi) is 6.54. The Hall–Kier alpha value is -3.16. The van der Waals surface area contributed by atoms with E-state index < -0.39 is 5.72 Å². The highest BCUT2D eigenvalue weighted by molar-refractivity contribution is 7.80. The molecule has 0 aromatic heterocycles. The number of fused-ring (bicyclic) bond motifs is 1. The molecule has 172 valence electrons. The molecule has 1 aliphatic heterocycles. The van der Waals surface area contributed by atoms with Gasteiger partial charge in [0, 0.05) is 28.1 Å². The van der Waals surface area contributed by atoms with Crippen LogP contribution in [0.3, 0.4) is 0 Å². The van der Waals surface area contributed by atoms with Gasteiger partial charge in [0.1, 0.15) is 0 Å². The van der Waals surface area contributed by atoms with Crippen molar-refractivity contribution in [2.24, 2.45) is 0 Å². The predicted octanol–water partition coefficient (Wildman–Crippen LogP) is 4.98. The van der Waals surface area contributed by atoms with Gasteiger partial charge in [-0.25, -0.2) is 0 Å². The summed E-state index contributed by atoms with van der Waals surface area (Å²) in [5.74, 6) is 0.435. The Bertz CT molecular complexity index is 1140. The molecule has 3 aromatic rings. The number of aromatic hydroxyl groups is 1. The van der Waals surface area contributed by atoms with E-state index in [1.165, 1.54) is 14.2 Å². The Morgan fingerprint density at radius 3 is 2.24 bits per heavy atom. The highest BCUT2D eigenvalue weighted by Gasteiger charge is 2.51. The zero-order chi connectivity index (χ0) is 23.6. The van der Waals surface area contributed by atoms with Crippen LogP contribution in [-0.4, -0.2) is 36.7 Å². The molecule has 1 unspecified atom stereocenters. The number of phenols is 1. The minimum Gasteiger partial charge on any atom is -0.502 e. The molecule has 0 spiro atoms. The SMILES string of the molecule is CCCN1C(=O)c2ccccc2C1(OCc1cc(OC)c(O)c(OC)c1)c1ccc(S)cc1.